The quantitative estimate of drug-likeness (QED) is 0.560. The number of esters is 2. The molecule has 0 spiro atoms. The zero-order valence-electron chi connectivity index (χ0n) is 16.5. The highest BCUT2D eigenvalue weighted by atomic mass is 16.5. The number of nitrogens with two attached hydrogens (primary N) is 1. The molecule has 0 amide bonds. The van der Waals surface area contributed by atoms with Crippen LogP contribution in [0.3, 0.4) is 0 Å². The molecule has 0 aliphatic carbocycles. The molecule has 2 unspecified atom stereocenters. The van der Waals surface area contributed by atoms with Gasteiger partial charge in [-0.3, -0.25) is 19.7 Å². The average molecular weight is 378 g/mol. The topological polar surface area (TPSA) is 108 Å². The van der Waals surface area contributed by atoms with Gasteiger partial charge in [0.2, 0.25) is 0 Å². The molecule has 3 atom stereocenters. The normalized spacial score (nSPS) is 15.3. The van der Waals surface area contributed by atoms with E-state index in [2.05, 4.69) is 10.1 Å². The van der Waals surface area contributed by atoms with E-state index in [9.17, 15) is 14.4 Å². The SMILES string of the molecule is CCOC(=O)C(CCc1ccccc1)N[C@@H](C)C(=O)CC(C)(N)C(=O)OC. The summed E-state index contributed by atoms with van der Waals surface area (Å²) in [5.74, 6) is -1.34. The van der Waals surface area contributed by atoms with Gasteiger partial charge in [0, 0.05) is 6.42 Å². The van der Waals surface area contributed by atoms with Crippen LogP contribution >= 0.6 is 0 Å². The smallest absolute Gasteiger partial charge is 0.326 e. The molecule has 1 aromatic carbocycles. The first-order chi connectivity index (χ1) is 12.7. The van der Waals surface area contributed by atoms with Gasteiger partial charge in [0.15, 0.2) is 5.78 Å². The molecule has 0 fully saturated rings. The van der Waals surface area contributed by atoms with Gasteiger partial charge in [-0.1, -0.05) is 30.3 Å². The molecular weight excluding hydrogens is 348 g/mol. The summed E-state index contributed by atoms with van der Waals surface area (Å²) in [7, 11) is 1.22. The number of nitrogens with one attached hydrogen (secondary N) is 1. The Kier molecular flexibility index (Phi) is 9.11. The summed E-state index contributed by atoms with van der Waals surface area (Å²) in [6, 6.07) is 8.46. The van der Waals surface area contributed by atoms with E-state index >= 15 is 0 Å². The summed E-state index contributed by atoms with van der Waals surface area (Å²) in [6.45, 7) is 5.08. The summed E-state index contributed by atoms with van der Waals surface area (Å²) in [5.41, 5.74) is 5.55. The highest BCUT2D eigenvalue weighted by molar-refractivity contribution is 5.92. The van der Waals surface area contributed by atoms with Crippen LogP contribution in [0.15, 0.2) is 30.3 Å². The molecule has 0 bridgehead atoms. The first-order valence-corrected chi connectivity index (χ1v) is 9.07. The Balaban J connectivity index is 2.73. The molecule has 3 N–H and O–H groups in total. The van der Waals surface area contributed by atoms with Crippen LogP contribution in [-0.2, 0) is 30.3 Å². The predicted molar refractivity (Wildman–Crippen MR) is 102 cm³/mol. The van der Waals surface area contributed by atoms with E-state index in [0.717, 1.165) is 5.56 Å². The first kappa shape index (κ1) is 22.8. The maximum Gasteiger partial charge on any atom is 0.326 e. The lowest BCUT2D eigenvalue weighted by Gasteiger charge is -2.25. The lowest BCUT2D eigenvalue weighted by atomic mass is 9.93. The Morgan fingerprint density at radius 1 is 1.22 bits per heavy atom. The third kappa shape index (κ3) is 7.48. The van der Waals surface area contributed by atoms with Crippen LogP contribution in [-0.4, -0.2) is 49.1 Å². The second kappa shape index (κ2) is 10.8. The van der Waals surface area contributed by atoms with Crippen LogP contribution in [0.25, 0.3) is 0 Å². The molecular formula is C20H30N2O5. The largest absolute Gasteiger partial charge is 0.468 e. The molecule has 27 heavy (non-hydrogen) atoms. The minimum atomic E-state index is -1.41. The lowest BCUT2D eigenvalue weighted by molar-refractivity contribution is -0.149. The Morgan fingerprint density at radius 2 is 1.85 bits per heavy atom. The molecule has 7 nitrogen and oxygen atoms in total. The molecule has 0 saturated carbocycles. The zero-order valence-corrected chi connectivity index (χ0v) is 16.5. The molecule has 1 aromatic rings. The molecule has 0 radical (unpaired) electrons. The van der Waals surface area contributed by atoms with E-state index in [0.29, 0.717) is 12.8 Å². The first-order valence-electron chi connectivity index (χ1n) is 9.07. The fraction of sp³-hybridized carbons (Fsp3) is 0.550. The fourth-order valence-corrected chi connectivity index (χ4v) is 2.68. The van der Waals surface area contributed by atoms with Gasteiger partial charge < -0.3 is 15.2 Å². The van der Waals surface area contributed by atoms with Crippen LogP contribution in [0, 0.1) is 0 Å². The number of aryl methyl sites for hydroxylation is 1. The number of benzene rings is 1. The molecule has 0 aromatic heterocycles. The van der Waals surface area contributed by atoms with Gasteiger partial charge >= 0.3 is 11.9 Å². The third-order valence-corrected chi connectivity index (χ3v) is 4.26. The summed E-state index contributed by atoms with van der Waals surface area (Å²) in [4.78, 5) is 36.4. The number of methoxy groups -OCH3 is 1. The highest BCUT2D eigenvalue weighted by Crippen LogP contribution is 2.12. The van der Waals surface area contributed by atoms with Gasteiger partial charge in [0.05, 0.1) is 19.8 Å². The third-order valence-electron chi connectivity index (χ3n) is 4.26. The Bertz CT molecular complexity index is 631. The lowest BCUT2D eigenvalue weighted by Crippen LogP contribution is -2.52. The van der Waals surface area contributed by atoms with Crippen molar-refractivity contribution in [3.05, 3.63) is 35.9 Å². The van der Waals surface area contributed by atoms with E-state index in [1.54, 1.807) is 13.8 Å². The maximum atomic E-state index is 12.5. The van der Waals surface area contributed by atoms with Gasteiger partial charge in [0.25, 0.3) is 0 Å². The molecule has 150 valence electrons. The van der Waals surface area contributed by atoms with E-state index in [1.165, 1.54) is 14.0 Å². The van der Waals surface area contributed by atoms with Crippen molar-refractivity contribution in [2.75, 3.05) is 13.7 Å². The second-order valence-electron chi connectivity index (χ2n) is 6.77. The van der Waals surface area contributed by atoms with Crippen LogP contribution in [0.5, 0.6) is 0 Å². The zero-order chi connectivity index (χ0) is 20.4. The van der Waals surface area contributed by atoms with E-state index in [4.69, 9.17) is 10.5 Å². The fourth-order valence-electron chi connectivity index (χ4n) is 2.68. The van der Waals surface area contributed by atoms with Gasteiger partial charge in [0.1, 0.15) is 11.6 Å². The summed E-state index contributed by atoms with van der Waals surface area (Å²) in [5, 5.41) is 3.02. The summed E-state index contributed by atoms with van der Waals surface area (Å²) >= 11 is 0. The van der Waals surface area contributed by atoms with Crippen molar-refractivity contribution in [2.24, 2.45) is 5.73 Å². The minimum Gasteiger partial charge on any atom is -0.468 e. The van der Waals surface area contributed by atoms with E-state index < -0.39 is 29.6 Å². The van der Waals surface area contributed by atoms with Crippen LogP contribution in [0.2, 0.25) is 0 Å². The Labute approximate surface area is 160 Å². The number of rotatable bonds is 11. The van der Waals surface area contributed by atoms with Crippen molar-refractivity contribution < 1.29 is 23.9 Å². The predicted octanol–water partition coefficient (Wildman–Crippen LogP) is 1.38. The van der Waals surface area contributed by atoms with Crippen molar-refractivity contribution in [1.29, 1.82) is 0 Å². The van der Waals surface area contributed by atoms with Crippen molar-refractivity contribution >= 4 is 17.7 Å². The number of Topliss-reactive ketones (excluding diaryl/α,β-unsaturated/α-hetero) is 1. The summed E-state index contributed by atoms with van der Waals surface area (Å²) < 4.78 is 9.74. The number of ether oxygens (including phenoxy) is 2. The second-order valence-corrected chi connectivity index (χ2v) is 6.77. The van der Waals surface area contributed by atoms with Gasteiger partial charge in [-0.15, -0.1) is 0 Å². The van der Waals surface area contributed by atoms with Crippen molar-refractivity contribution in [3.63, 3.8) is 0 Å². The number of carbonyl (C=O) groups excluding carboxylic acids is 3. The average Bonchev–Trinajstić information content (AvgIpc) is 2.64. The van der Waals surface area contributed by atoms with Crippen molar-refractivity contribution in [3.8, 4) is 0 Å². The minimum absolute atomic E-state index is 0.192. The standard InChI is InChI=1S/C20H30N2O5/c1-5-27-18(24)16(12-11-15-9-7-6-8-10-15)22-14(2)17(23)13-20(3,21)19(25)26-4/h6-10,14,16,22H,5,11-13,21H2,1-4H3/t14-,16?,20?/m0/s1. The number of hydrogen-bond donors (Lipinski definition) is 2. The monoisotopic (exact) mass is 378 g/mol. The van der Waals surface area contributed by atoms with Crippen LogP contribution in [0.4, 0.5) is 0 Å². The molecule has 1 rings (SSSR count). The summed E-state index contributed by atoms with van der Waals surface area (Å²) in [6.07, 6.45) is 0.953. The van der Waals surface area contributed by atoms with Crippen LogP contribution in [0.1, 0.15) is 39.2 Å². The van der Waals surface area contributed by atoms with Gasteiger partial charge in [-0.25, -0.2) is 0 Å². The number of ketones is 1. The van der Waals surface area contributed by atoms with E-state index in [1.807, 2.05) is 30.3 Å². The molecule has 0 aliphatic heterocycles. The van der Waals surface area contributed by atoms with Gasteiger partial charge in [-0.05, 0) is 39.2 Å². The highest BCUT2D eigenvalue weighted by Gasteiger charge is 2.34. The Hall–Kier alpha value is -2.25. The maximum absolute atomic E-state index is 12.5. The van der Waals surface area contributed by atoms with Crippen molar-refractivity contribution in [2.45, 2.75) is 57.7 Å². The molecule has 0 saturated heterocycles. The Morgan fingerprint density at radius 3 is 2.41 bits per heavy atom. The molecule has 0 aliphatic rings. The molecule has 0 heterocycles. The van der Waals surface area contributed by atoms with Crippen molar-refractivity contribution in [1.82, 2.24) is 5.32 Å². The van der Waals surface area contributed by atoms with E-state index in [-0.39, 0.29) is 18.8 Å². The van der Waals surface area contributed by atoms with Gasteiger partial charge in [-0.2, -0.15) is 0 Å². The number of carbonyl (C=O) groups is 3. The number of hydrogen-bond acceptors (Lipinski definition) is 7. The molecule has 7 heteroatoms. The van der Waals surface area contributed by atoms with Crippen LogP contribution < -0.4 is 11.1 Å².